The maximum absolute atomic E-state index is 16.1. The number of hydrogen-bond donors (Lipinski definition) is 2. The Balaban J connectivity index is 1.74. The zero-order chi connectivity index (χ0) is 25.9. The molecule has 2 aliphatic rings. The molecular weight excluding hydrogens is 504 g/mol. The van der Waals surface area contributed by atoms with Crippen LogP contribution in [0.25, 0.3) is 0 Å². The normalized spacial score (nSPS) is 20.5. The van der Waals surface area contributed by atoms with Gasteiger partial charge in [0.1, 0.15) is 5.82 Å². The first kappa shape index (κ1) is 25.1. The average molecular weight is 530 g/mol. The van der Waals surface area contributed by atoms with E-state index >= 15 is 4.39 Å². The zero-order valence-corrected chi connectivity index (χ0v) is 21.4. The fourth-order valence-electron chi connectivity index (χ4n) is 4.50. The summed E-state index contributed by atoms with van der Waals surface area (Å²) < 4.78 is 22.6. The third-order valence-electron chi connectivity index (χ3n) is 6.80. The smallest absolute Gasteiger partial charge is 0.257 e. The fraction of sp³-hybridized carbons (Fsp3) is 0.333. The lowest BCUT2D eigenvalue weighted by Gasteiger charge is -2.40. The number of nitrogens with two attached hydrogens (primary N) is 1. The molecule has 3 N–H and O–H groups in total. The van der Waals surface area contributed by atoms with Gasteiger partial charge in [0.05, 0.1) is 40.6 Å². The van der Waals surface area contributed by atoms with Gasteiger partial charge in [-0.1, -0.05) is 35.3 Å². The summed E-state index contributed by atoms with van der Waals surface area (Å²) in [7, 11) is 0. The molecular formula is C27H26Cl2FN3O3. The van der Waals surface area contributed by atoms with Crippen LogP contribution in [0.4, 0.5) is 4.39 Å². The van der Waals surface area contributed by atoms with Gasteiger partial charge in [0.15, 0.2) is 5.72 Å². The molecule has 0 saturated heterocycles. The molecule has 188 valence electrons. The molecule has 1 saturated carbocycles. The minimum absolute atomic E-state index is 0.0160. The van der Waals surface area contributed by atoms with Gasteiger partial charge in [0, 0.05) is 22.3 Å². The number of amides is 1. The zero-order valence-electron chi connectivity index (χ0n) is 19.9. The molecule has 6 nitrogen and oxygen atoms in total. The van der Waals surface area contributed by atoms with E-state index < -0.39 is 28.6 Å². The van der Waals surface area contributed by atoms with E-state index in [1.807, 2.05) is 0 Å². The fourth-order valence-corrected chi connectivity index (χ4v) is 4.74. The second-order valence-electron chi connectivity index (χ2n) is 10.1. The number of rotatable bonds is 7. The summed E-state index contributed by atoms with van der Waals surface area (Å²) >= 11 is 12.2. The molecule has 1 amide bonds. The molecule has 3 aromatic rings. The highest BCUT2D eigenvalue weighted by atomic mass is 35.5. The third kappa shape index (κ3) is 4.40. The van der Waals surface area contributed by atoms with Gasteiger partial charge in [0.25, 0.3) is 5.91 Å². The number of ether oxygens (including phenoxy) is 1. The lowest BCUT2D eigenvalue weighted by Crippen LogP contribution is -2.49. The molecule has 0 unspecified atom stereocenters. The van der Waals surface area contributed by atoms with Crippen LogP contribution in [0.15, 0.2) is 54.7 Å². The Bertz CT molecular complexity index is 1320. The van der Waals surface area contributed by atoms with Crippen LogP contribution in [-0.2, 0) is 22.6 Å². The quantitative estimate of drug-likeness (QED) is 0.443. The van der Waals surface area contributed by atoms with Crippen molar-refractivity contribution in [2.45, 2.75) is 50.1 Å². The van der Waals surface area contributed by atoms with Gasteiger partial charge < -0.3 is 15.6 Å². The average Bonchev–Trinajstić information content (AvgIpc) is 3.51. The largest absolute Gasteiger partial charge is 0.386 e. The summed E-state index contributed by atoms with van der Waals surface area (Å²) in [5.41, 5.74) is 4.36. The van der Waals surface area contributed by atoms with Crippen molar-refractivity contribution in [2.75, 3.05) is 6.61 Å². The van der Waals surface area contributed by atoms with Crippen molar-refractivity contribution in [3.63, 3.8) is 0 Å². The van der Waals surface area contributed by atoms with E-state index in [0.717, 1.165) is 12.8 Å². The number of hydrogen-bond acceptors (Lipinski definition) is 5. The summed E-state index contributed by atoms with van der Waals surface area (Å²) in [6.45, 7) is 3.20. The number of fused-ring (bicyclic) bond motifs is 1. The lowest BCUT2D eigenvalue weighted by molar-refractivity contribution is -0.119. The Kier molecular flexibility index (Phi) is 6.13. The van der Waals surface area contributed by atoms with Crippen LogP contribution in [0.5, 0.6) is 0 Å². The van der Waals surface area contributed by atoms with Gasteiger partial charge in [-0.25, -0.2) is 4.39 Å². The highest BCUT2D eigenvalue weighted by Crippen LogP contribution is 2.49. The highest BCUT2D eigenvalue weighted by molar-refractivity contribution is 6.30. The highest BCUT2D eigenvalue weighted by Gasteiger charge is 2.56. The van der Waals surface area contributed by atoms with Crippen molar-refractivity contribution in [1.29, 1.82) is 0 Å². The van der Waals surface area contributed by atoms with Crippen molar-refractivity contribution in [2.24, 2.45) is 5.73 Å². The monoisotopic (exact) mass is 529 g/mol. The number of aliphatic hydroxyl groups is 1. The molecule has 0 radical (unpaired) electrons. The Morgan fingerprint density at radius 1 is 1.14 bits per heavy atom. The van der Waals surface area contributed by atoms with Crippen molar-refractivity contribution in [3.05, 3.63) is 98.5 Å². The summed E-state index contributed by atoms with van der Waals surface area (Å²) in [6.07, 6.45) is 3.02. The summed E-state index contributed by atoms with van der Waals surface area (Å²) in [5, 5.41) is 11.5. The standard InChI is InChI=1S/C27H26Cl2FN3O3/c1-25(2,35)17-11-21-23(22(30)12-17)27(36-15-26(31)9-10-26,16-3-5-18(28)6-4-16)33(24(21)34)14-20-8-7-19(29)13-32-20/h3-8,11-13,35H,9-10,14-15,31H2,1-2H3/t27-/m1/s1. The molecule has 2 aromatic carbocycles. The van der Waals surface area contributed by atoms with E-state index in [1.54, 1.807) is 36.4 Å². The number of carbonyl (C=O) groups is 1. The molecule has 1 aromatic heterocycles. The Morgan fingerprint density at radius 3 is 2.39 bits per heavy atom. The molecule has 1 aliphatic heterocycles. The van der Waals surface area contributed by atoms with E-state index in [2.05, 4.69) is 4.98 Å². The van der Waals surface area contributed by atoms with Crippen molar-refractivity contribution in [1.82, 2.24) is 9.88 Å². The topological polar surface area (TPSA) is 88.7 Å². The molecule has 9 heteroatoms. The predicted octanol–water partition coefficient (Wildman–Crippen LogP) is 5.12. The number of halogens is 3. The van der Waals surface area contributed by atoms with Crippen molar-refractivity contribution >= 4 is 29.1 Å². The lowest BCUT2D eigenvalue weighted by atomic mass is 9.88. The van der Waals surface area contributed by atoms with Crippen LogP contribution in [-0.4, -0.2) is 33.0 Å². The van der Waals surface area contributed by atoms with Gasteiger partial charge in [-0.05, 0) is 68.7 Å². The third-order valence-corrected chi connectivity index (χ3v) is 7.27. The number of pyridine rings is 1. The van der Waals surface area contributed by atoms with Gasteiger partial charge in [-0.2, -0.15) is 0 Å². The van der Waals surface area contributed by atoms with Crippen LogP contribution >= 0.6 is 23.2 Å². The molecule has 1 aliphatic carbocycles. The molecule has 1 fully saturated rings. The van der Waals surface area contributed by atoms with E-state index in [-0.39, 0.29) is 29.8 Å². The predicted molar refractivity (Wildman–Crippen MR) is 135 cm³/mol. The van der Waals surface area contributed by atoms with E-state index in [1.165, 1.54) is 37.1 Å². The molecule has 36 heavy (non-hydrogen) atoms. The van der Waals surface area contributed by atoms with Crippen LogP contribution in [0, 0.1) is 5.82 Å². The molecule has 5 rings (SSSR count). The summed E-state index contributed by atoms with van der Waals surface area (Å²) in [6, 6.07) is 12.9. The summed E-state index contributed by atoms with van der Waals surface area (Å²) in [4.78, 5) is 19.8. The molecule has 2 heterocycles. The number of carbonyl (C=O) groups excluding carboxylic acids is 1. The van der Waals surface area contributed by atoms with Crippen LogP contribution in [0.2, 0.25) is 10.0 Å². The van der Waals surface area contributed by atoms with Crippen molar-refractivity contribution in [3.8, 4) is 0 Å². The Labute approximate surface area is 218 Å². The minimum atomic E-state index is -1.63. The number of nitrogens with zero attached hydrogens (tertiary/aromatic N) is 2. The van der Waals surface area contributed by atoms with Crippen LogP contribution in [0.3, 0.4) is 0 Å². The molecule has 0 spiro atoms. The molecule has 1 atom stereocenters. The second kappa shape index (κ2) is 8.78. The number of benzene rings is 2. The van der Waals surface area contributed by atoms with E-state index in [0.29, 0.717) is 21.3 Å². The SMILES string of the molecule is CC(C)(O)c1cc(F)c2c(c1)C(=O)N(Cc1ccc(Cl)cn1)[C@@]2(OCC1(N)CC1)c1ccc(Cl)cc1. The number of aromatic nitrogens is 1. The van der Waals surface area contributed by atoms with Gasteiger partial charge >= 0.3 is 0 Å². The van der Waals surface area contributed by atoms with E-state index in [4.69, 9.17) is 33.7 Å². The summed E-state index contributed by atoms with van der Waals surface area (Å²) in [5.74, 6) is -1.12. The van der Waals surface area contributed by atoms with Gasteiger partial charge in [-0.3, -0.25) is 14.7 Å². The first-order valence-electron chi connectivity index (χ1n) is 11.6. The molecule has 0 bridgehead atoms. The Hall–Kier alpha value is -2.55. The maximum atomic E-state index is 16.1. The van der Waals surface area contributed by atoms with E-state index in [9.17, 15) is 9.90 Å². The second-order valence-corrected chi connectivity index (χ2v) is 11.0. The Morgan fingerprint density at radius 2 is 1.81 bits per heavy atom. The van der Waals surface area contributed by atoms with Crippen LogP contribution < -0.4 is 5.73 Å². The minimum Gasteiger partial charge on any atom is -0.386 e. The first-order chi connectivity index (χ1) is 16.9. The first-order valence-corrected chi connectivity index (χ1v) is 12.4. The maximum Gasteiger partial charge on any atom is 0.257 e. The van der Waals surface area contributed by atoms with Crippen molar-refractivity contribution < 1.29 is 19.0 Å². The van der Waals surface area contributed by atoms with Gasteiger partial charge in [0.2, 0.25) is 0 Å². The van der Waals surface area contributed by atoms with Gasteiger partial charge in [-0.15, -0.1) is 0 Å². The van der Waals surface area contributed by atoms with Crippen LogP contribution in [0.1, 0.15) is 59.4 Å².